The third kappa shape index (κ3) is 5.29. The molecule has 6 heteroatoms. The summed E-state index contributed by atoms with van der Waals surface area (Å²) >= 11 is 0. The fourth-order valence-electron chi connectivity index (χ4n) is 3.24. The molecule has 0 saturated carbocycles. The zero-order chi connectivity index (χ0) is 22.3. The Morgan fingerprint density at radius 2 is 1.66 bits per heavy atom. The van der Waals surface area contributed by atoms with Crippen LogP contribution in [0.25, 0.3) is 11.3 Å². The molecule has 3 aromatic carbocycles. The highest BCUT2D eigenvalue weighted by Gasteiger charge is 2.12. The third-order valence-electron chi connectivity index (χ3n) is 4.88. The first-order chi connectivity index (χ1) is 15.6. The molecule has 0 fully saturated rings. The van der Waals surface area contributed by atoms with Gasteiger partial charge < -0.3 is 10.1 Å². The first-order valence-corrected chi connectivity index (χ1v) is 10.3. The standard InChI is InChI=1S/C26H23N3O3/c1-19-12-13-23(24(16-19)32-18-20-8-4-2-5-9-20)27-25(30)17-29-26(31)15-14-22(28-29)21-10-6-3-7-11-21/h2-16H,17-18H2,1H3,(H,27,30). The Hall–Kier alpha value is -4.19. The molecule has 0 bridgehead atoms. The van der Waals surface area contributed by atoms with Crippen molar-refractivity contribution < 1.29 is 9.53 Å². The molecule has 0 aliphatic rings. The molecular weight excluding hydrogens is 402 g/mol. The number of aromatic nitrogens is 2. The van der Waals surface area contributed by atoms with E-state index in [2.05, 4.69) is 10.4 Å². The summed E-state index contributed by atoms with van der Waals surface area (Å²) < 4.78 is 7.12. The summed E-state index contributed by atoms with van der Waals surface area (Å²) in [6.45, 7) is 2.14. The number of nitrogens with zero attached hydrogens (tertiary/aromatic N) is 2. The smallest absolute Gasteiger partial charge is 0.267 e. The summed E-state index contributed by atoms with van der Waals surface area (Å²) in [6.07, 6.45) is 0. The number of ether oxygens (including phenoxy) is 1. The number of nitrogens with one attached hydrogen (secondary N) is 1. The van der Waals surface area contributed by atoms with Crippen molar-refractivity contribution in [2.45, 2.75) is 20.1 Å². The molecule has 0 atom stereocenters. The molecule has 6 nitrogen and oxygen atoms in total. The van der Waals surface area contributed by atoms with Crippen LogP contribution >= 0.6 is 0 Å². The lowest BCUT2D eigenvalue weighted by molar-refractivity contribution is -0.117. The van der Waals surface area contributed by atoms with Crippen molar-refractivity contribution in [3.05, 3.63) is 112 Å². The van der Waals surface area contributed by atoms with Gasteiger partial charge in [0.25, 0.3) is 5.56 Å². The summed E-state index contributed by atoms with van der Waals surface area (Å²) in [5.41, 5.74) is 3.74. The predicted molar refractivity (Wildman–Crippen MR) is 125 cm³/mol. The Kier molecular flexibility index (Phi) is 6.41. The summed E-state index contributed by atoms with van der Waals surface area (Å²) in [5.74, 6) is 0.207. The van der Waals surface area contributed by atoms with Crippen LogP contribution in [-0.4, -0.2) is 15.7 Å². The number of hydrogen-bond donors (Lipinski definition) is 1. The molecule has 160 valence electrons. The molecule has 0 unspecified atom stereocenters. The lowest BCUT2D eigenvalue weighted by atomic mass is 10.1. The molecule has 1 N–H and O–H groups in total. The molecule has 1 amide bonds. The van der Waals surface area contributed by atoms with E-state index < -0.39 is 0 Å². The van der Waals surface area contributed by atoms with E-state index in [1.807, 2.05) is 79.7 Å². The Balaban J connectivity index is 1.49. The molecule has 4 rings (SSSR count). The van der Waals surface area contributed by atoms with Crippen LogP contribution in [0.5, 0.6) is 5.75 Å². The Morgan fingerprint density at radius 3 is 2.41 bits per heavy atom. The van der Waals surface area contributed by atoms with E-state index in [0.29, 0.717) is 23.7 Å². The SMILES string of the molecule is Cc1ccc(NC(=O)Cn2nc(-c3ccccc3)ccc2=O)c(OCc2ccccc2)c1. The average Bonchev–Trinajstić information content (AvgIpc) is 2.82. The molecule has 0 spiro atoms. The maximum absolute atomic E-state index is 12.7. The Bertz CT molecular complexity index is 1270. The second-order valence-corrected chi connectivity index (χ2v) is 7.40. The van der Waals surface area contributed by atoms with Crippen LogP contribution in [0, 0.1) is 6.92 Å². The predicted octanol–water partition coefficient (Wildman–Crippen LogP) is 4.44. The van der Waals surface area contributed by atoms with Gasteiger partial charge in [-0.3, -0.25) is 9.59 Å². The fourth-order valence-corrected chi connectivity index (χ4v) is 3.24. The maximum Gasteiger partial charge on any atom is 0.267 e. The van der Waals surface area contributed by atoms with Crippen LogP contribution in [0.2, 0.25) is 0 Å². The maximum atomic E-state index is 12.7. The van der Waals surface area contributed by atoms with Gasteiger partial charge in [0.1, 0.15) is 18.9 Å². The van der Waals surface area contributed by atoms with Gasteiger partial charge in [-0.1, -0.05) is 66.7 Å². The van der Waals surface area contributed by atoms with E-state index in [1.165, 1.54) is 6.07 Å². The quantitative estimate of drug-likeness (QED) is 0.475. The number of carbonyl (C=O) groups is 1. The lowest BCUT2D eigenvalue weighted by Gasteiger charge is -2.14. The number of hydrogen-bond acceptors (Lipinski definition) is 4. The zero-order valence-electron chi connectivity index (χ0n) is 17.7. The number of benzene rings is 3. The summed E-state index contributed by atoms with van der Waals surface area (Å²) in [5, 5.41) is 7.19. The number of aryl methyl sites for hydroxylation is 1. The van der Waals surface area contributed by atoms with Gasteiger partial charge in [-0.2, -0.15) is 5.10 Å². The molecular formula is C26H23N3O3. The van der Waals surface area contributed by atoms with Crippen molar-refractivity contribution in [2.75, 3.05) is 5.32 Å². The van der Waals surface area contributed by atoms with Gasteiger partial charge in [0, 0.05) is 11.6 Å². The molecule has 0 aliphatic carbocycles. The van der Waals surface area contributed by atoms with E-state index in [0.717, 1.165) is 21.4 Å². The highest BCUT2D eigenvalue weighted by molar-refractivity contribution is 5.92. The first kappa shape index (κ1) is 21.1. The Morgan fingerprint density at radius 1 is 0.938 bits per heavy atom. The monoisotopic (exact) mass is 425 g/mol. The summed E-state index contributed by atoms with van der Waals surface area (Å²) in [6, 6.07) is 28.0. The van der Waals surface area contributed by atoms with Gasteiger partial charge in [0.05, 0.1) is 11.4 Å². The van der Waals surface area contributed by atoms with E-state index in [4.69, 9.17) is 4.74 Å². The largest absolute Gasteiger partial charge is 0.487 e. The van der Waals surface area contributed by atoms with Gasteiger partial charge in [-0.15, -0.1) is 0 Å². The van der Waals surface area contributed by atoms with Crippen molar-refractivity contribution in [3.63, 3.8) is 0 Å². The van der Waals surface area contributed by atoms with Gasteiger partial charge in [0.15, 0.2) is 0 Å². The van der Waals surface area contributed by atoms with Crippen LogP contribution in [0.15, 0.2) is 95.8 Å². The van der Waals surface area contributed by atoms with Crippen molar-refractivity contribution in [3.8, 4) is 17.0 Å². The van der Waals surface area contributed by atoms with Crippen molar-refractivity contribution in [1.29, 1.82) is 0 Å². The van der Waals surface area contributed by atoms with Crippen LogP contribution < -0.4 is 15.6 Å². The number of rotatable bonds is 7. The van der Waals surface area contributed by atoms with E-state index in [1.54, 1.807) is 12.1 Å². The van der Waals surface area contributed by atoms with Crippen LogP contribution in [0.1, 0.15) is 11.1 Å². The number of carbonyl (C=O) groups excluding carboxylic acids is 1. The van der Waals surface area contributed by atoms with E-state index in [-0.39, 0.29) is 18.0 Å². The highest BCUT2D eigenvalue weighted by Crippen LogP contribution is 2.27. The molecule has 1 heterocycles. The topological polar surface area (TPSA) is 73.2 Å². The second kappa shape index (κ2) is 9.75. The van der Waals surface area contributed by atoms with Crippen LogP contribution in [0.3, 0.4) is 0 Å². The fraction of sp³-hybridized carbons (Fsp3) is 0.115. The van der Waals surface area contributed by atoms with Crippen molar-refractivity contribution in [2.24, 2.45) is 0 Å². The molecule has 1 aromatic heterocycles. The summed E-state index contributed by atoms with van der Waals surface area (Å²) in [7, 11) is 0. The minimum atomic E-state index is -0.363. The molecule has 0 saturated heterocycles. The van der Waals surface area contributed by atoms with Crippen molar-refractivity contribution in [1.82, 2.24) is 9.78 Å². The normalized spacial score (nSPS) is 10.5. The van der Waals surface area contributed by atoms with E-state index >= 15 is 0 Å². The minimum absolute atomic E-state index is 0.203. The lowest BCUT2D eigenvalue weighted by Crippen LogP contribution is -2.29. The van der Waals surface area contributed by atoms with E-state index in [9.17, 15) is 9.59 Å². The third-order valence-corrected chi connectivity index (χ3v) is 4.88. The van der Waals surface area contributed by atoms with Gasteiger partial charge >= 0.3 is 0 Å². The Labute approximate surface area is 186 Å². The highest BCUT2D eigenvalue weighted by atomic mass is 16.5. The van der Waals surface area contributed by atoms with Crippen LogP contribution in [-0.2, 0) is 17.9 Å². The summed E-state index contributed by atoms with van der Waals surface area (Å²) in [4.78, 5) is 25.0. The average molecular weight is 425 g/mol. The molecule has 0 aliphatic heterocycles. The van der Waals surface area contributed by atoms with Gasteiger partial charge in [0.2, 0.25) is 5.91 Å². The van der Waals surface area contributed by atoms with Gasteiger partial charge in [-0.05, 0) is 36.2 Å². The first-order valence-electron chi connectivity index (χ1n) is 10.3. The molecule has 4 aromatic rings. The van der Waals surface area contributed by atoms with Crippen LogP contribution in [0.4, 0.5) is 5.69 Å². The number of amides is 1. The minimum Gasteiger partial charge on any atom is -0.487 e. The number of anilines is 1. The van der Waals surface area contributed by atoms with Crippen molar-refractivity contribution >= 4 is 11.6 Å². The molecule has 32 heavy (non-hydrogen) atoms. The second-order valence-electron chi connectivity index (χ2n) is 7.40. The zero-order valence-corrected chi connectivity index (χ0v) is 17.7. The van der Waals surface area contributed by atoms with Gasteiger partial charge in [-0.25, -0.2) is 4.68 Å². The molecule has 0 radical (unpaired) electrons.